The van der Waals surface area contributed by atoms with Gasteiger partial charge in [0.1, 0.15) is 17.5 Å². The first-order chi connectivity index (χ1) is 27.9. The second kappa shape index (κ2) is 17.7. The lowest BCUT2D eigenvalue weighted by atomic mass is 9.85. The molecular weight excluding hydrogens is 723 g/mol. The minimum atomic E-state index is -1.34. The molecule has 2 heterocycles. The molecule has 1 aliphatic heterocycles. The number of aromatic nitrogens is 1. The maximum absolute atomic E-state index is 15.0. The van der Waals surface area contributed by atoms with Crippen LogP contribution < -0.4 is 15.0 Å². The number of nitrogens with one attached hydrogen (secondary N) is 1. The van der Waals surface area contributed by atoms with Crippen LogP contribution in [0.4, 0.5) is 5.69 Å². The Balaban J connectivity index is 1.41. The predicted octanol–water partition coefficient (Wildman–Crippen LogP) is 7.34. The third kappa shape index (κ3) is 8.53. The number of hydrogen-bond donors (Lipinski definition) is 2. The summed E-state index contributed by atoms with van der Waals surface area (Å²) in [5.41, 5.74) is 3.38. The molecule has 0 radical (unpaired) electrons. The van der Waals surface area contributed by atoms with Crippen molar-refractivity contribution in [2.45, 2.75) is 38.0 Å². The molecule has 11 heteroatoms. The van der Waals surface area contributed by atoms with Gasteiger partial charge in [0, 0.05) is 29.5 Å². The molecule has 1 aromatic heterocycles. The number of para-hydroxylation sites is 1. The lowest BCUT2D eigenvalue weighted by Crippen LogP contribution is -2.58. The van der Waals surface area contributed by atoms with E-state index in [0.29, 0.717) is 40.1 Å². The lowest BCUT2D eigenvalue weighted by molar-refractivity contribution is -0.144. The molecule has 0 bridgehead atoms. The molecule has 11 nitrogen and oxygen atoms in total. The fourth-order valence-corrected chi connectivity index (χ4v) is 7.08. The number of carbonyl (C=O) groups excluding carboxylic acids is 4. The van der Waals surface area contributed by atoms with Crippen LogP contribution in [0.1, 0.15) is 62.6 Å². The number of benzene rings is 5. The van der Waals surface area contributed by atoms with E-state index in [-0.39, 0.29) is 31.1 Å². The molecule has 0 saturated heterocycles. The summed E-state index contributed by atoms with van der Waals surface area (Å²) >= 11 is 0. The Morgan fingerprint density at radius 3 is 2.30 bits per heavy atom. The second-order valence-corrected chi connectivity index (χ2v) is 13.4. The van der Waals surface area contributed by atoms with Crippen molar-refractivity contribution in [2.75, 3.05) is 24.7 Å². The number of pyridine rings is 1. The summed E-state index contributed by atoms with van der Waals surface area (Å²) in [6, 6.07) is 38.4. The molecular formula is C46H41N3O8. The first-order valence-electron chi connectivity index (χ1n) is 18.8. The summed E-state index contributed by atoms with van der Waals surface area (Å²) in [5, 5.41) is 13.3. The van der Waals surface area contributed by atoms with Crippen molar-refractivity contribution in [1.29, 1.82) is 0 Å². The van der Waals surface area contributed by atoms with Gasteiger partial charge in [-0.25, -0.2) is 9.78 Å². The minimum absolute atomic E-state index is 0.0694. The number of carbonyl (C=O) groups is 4. The summed E-state index contributed by atoms with van der Waals surface area (Å²) in [6.45, 7) is 1.86. The summed E-state index contributed by atoms with van der Waals surface area (Å²) in [7, 11) is 0. The number of rotatable bonds is 13. The highest BCUT2D eigenvalue weighted by Crippen LogP contribution is 2.43. The van der Waals surface area contributed by atoms with Crippen LogP contribution in [0, 0.1) is 0 Å². The molecule has 288 valence electrons. The molecule has 3 atom stereocenters. The first-order valence-corrected chi connectivity index (χ1v) is 18.8. The third-order valence-corrected chi connectivity index (χ3v) is 9.72. The molecule has 0 aliphatic carbocycles. The van der Waals surface area contributed by atoms with E-state index in [0.717, 1.165) is 10.9 Å². The van der Waals surface area contributed by atoms with Gasteiger partial charge in [0.25, 0.3) is 11.8 Å². The largest absolute Gasteiger partial charge is 0.493 e. The highest BCUT2D eigenvalue weighted by atomic mass is 16.5. The Kier molecular flexibility index (Phi) is 12.0. The number of amides is 2. The molecule has 57 heavy (non-hydrogen) atoms. The summed E-state index contributed by atoms with van der Waals surface area (Å²) in [5.74, 6) is -2.03. The van der Waals surface area contributed by atoms with Crippen LogP contribution in [0.5, 0.6) is 5.75 Å². The van der Waals surface area contributed by atoms with Gasteiger partial charge in [-0.1, -0.05) is 91.0 Å². The SMILES string of the molecule is CCOC(=O)C[C@H]1[C@H](OC(=O)c2ccccc2-c2ccccc2)[C@@H](NC(=O)c2ccccc2)c2cc(OCCCO)ccc2N1C(=O)c1ccc2ccccc2n1. The maximum atomic E-state index is 15.0. The standard InChI is InChI=1S/C46H41N3O8/c1-2-55-41(51)29-40-43(57-46(54)35-20-11-10-19-34(35)30-14-5-3-6-15-30)42(48-44(52)32-17-7-4-8-18-32)36-28-33(56-27-13-26-50)23-25-39(36)49(40)45(53)38-24-22-31-16-9-12-21-37(31)47-38/h3-12,14-25,28,40,42-43,50H,2,13,26-27,29H2,1H3,(H,48,52)/t40-,42-,43-/m0/s1. The van der Waals surface area contributed by atoms with Crippen molar-refractivity contribution >= 4 is 40.3 Å². The number of esters is 2. The average molecular weight is 764 g/mol. The number of fused-ring (bicyclic) bond motifs is 2. The van der Waals surface area contributed by atoms with Crippen molar-refractivity contribution in [3.63, 3.8) is 0 Å². The number of aliphatic hydroxyl groups is 1. The summed E-state index contributed by atoms with van der Waals surface area (Å²) in [6.07, 6.45) is -1.37. The Hall–Kier alpha value is -6.85. The highest BCUT2D eigenvalue weighted by Gasteiger charge is 2.48. The van der Waals surface area contributed by atoms with E-state index in [1.54, 1.807) is 85.8 Å². The van der Waals surface area contributed by atoms with Crippen LogP contribution in [0.15, 0.2) is 140 Å². The molecule has 0 fully saturated rings. The van der Waals surface area contributed by atoms with E-state index in [4.69, 9.17) is 19.2 Å². The van der Waals surface area contributed by atoms with Gasteiger partial charge < -0.3 is 24.6 Å². The van der Waals surface area contributed by atoms with Gasteiger partial charge in [0.05, 0.1) is 48.5 Å². The monoisotopic (exact) mass is 763 g/mol. The third-order valence-electron chi connectivity index (χ3n) is 9.72. The Morgan fingerprint density at radius 1 is 0.807 bits per heavy atom. The number of hydrogen-bond acceptors (Lipinski definition) is 9. The number of anilines is 1. The average Bonchev–Trinajstić information content (AvgIpc) is 3.25. The van der Waals surface area contributed by atoms with Crippen LogP contribution in [0.25, 0.3) is 22.0 Å². The van der Waals surface area contributed by atoms with Crippen LogP contribution in [-0.4, -0.2) is 65.8 Å². The molecule has 2 amide bonds. The quantitative estimate of drug-likeness (QED) is 0.0912. The fourth-order valence-electron chi connectivity index (χ4n) is 7.08. The molecule has 6 aromatic rings. The topological polar surface area (TPSA) is 144 Å². The van der Waals surface area contributed by atoms with Gasteiger partial charge in [-0.15, -0.1) is 0 Å². The van der Waals surface area contributed by atoms with Crippen LogP contribution in [0.3, 0.4) is 0 Å². The van der Waals surface area contributed by atoms with Crippen molar-refractivity contribution in [3.05, 3.63) is 162 Å². The molecule has 1 aliphatic rings. The van der Waals surface area contributed by atoms with E-state index >= 15 is 0 Å². The van der Waals surface area contributed by atoms with Gasteiger partial charge in [-0.2, -0.15) is 0 Å². The molecule has 0 unspecified atom stereocenters. The van der Waals surface area contributed by atoms with Crippen LogP contribution in [0.2, 0.25) is 0 Å². The molecule has 0 spiro atoms. The first kappa shape index (κ1) is 38.4. The van der Waals surface area contributed by atoms with Crippen molar-refractivity contribution in [3.8, 4) is 16.9 Å². The van der Waals surface area contributed by atoms with Gasteiger partial charge in [0.2, 0.25) is 0 Å². The smallest absolute Gasteiger partial charge is 0.339 e. The zero-order valence-corrected chi connectivity index (χ0v) is 31.2. The predicted molar refractivity (Wildman–Crippen MR) is 215 cm³/mol. The van der Waals surface area contributed by atoms with E-state index in [2.05, 4.69) is 5.32 Å². The number of aliphatic hydroxyl groups excluding tert-OH is 1. The zero-order chi connectivity index (χ0) is 39.7. The van der Waals surface area contributed by atoms with E-state index in [1.165, 1.54) is 4.90 Å². The lowest BCUT2D eigenvalue weighted by Gasteiger charge is -2.45. The molecule has 7 rings (SSSR count). The van der Waals surface area contributed by atoms with E-state index in [1.807, 2.05) is 60.7 Å². The van der Waals surface area contributed by atoms with E-state index < -0.39 is 48.4 Å². The number of ether oxygens (including phenoxy) is 3. The molecule has 5 aromatic carbocycles. The molecule has 2 N–H and O–H groups in total. The normalized spacial score (nSPS) is 16.0. The van der Waals surface area contributed by atoms with Crippen molar-refractivity contribution in [2.24, 2.45) is 0 Å². The van der Waals surface area contributed by atoms with Gasteiger partial charge >= 0.3 is 11.9 Å². The van der Waals surface area contributed by atoms with Crippen LogP contribution in [-0.2, 0) is 14.3 Å². The summed E-state index contributed by atoms with van der Waals surface area (Å²) < 4.78 is 17.9. The minimum Gasteiger partial charge on any atom is -0.493 e. The van der Waals surface area contributed by atoms with Gasteiger partial charge in [-0.05, 0) is 66.6 Å². The molecule has 0 saturated carbocycles. The Bertz CT molecular complexity index is 2390. The van der Waals surface area contributed by atoms with Crippen LogP contribution >= 0.6 is 0 Å². The Morgan fingerprint density at radius 2 is 1.53 bits per heavy atom. The fraction of sp³-hybridized carbons (Fsp3) is 0.196. The van der Waals surface area contributed by atoms with E-state index in [9.17, 15) is 24.3 Å². The highest BCUT2D eigenvalue weighted by molar-refractivity contribution is 6.08. The van der Waals surface area contributed by atoms with Gasteiger partial charge in [-0.3, -0.25) is 19.3 Å². The van der Waals surface area contributed by atoms with Crippen molar-refractivity contribution in [1.82, 2.24) is 10.3 Å². The van der Waals surface area contributed by atoms with Crippen molar-refractivity contribution < 1.29 is 38.5 Å². The van der Waals surface area contributed by atoms with Gasteiger partial charge in [0.15, 0.2) is 0 Å². The Labute approximate surface area is 329 Å². The second-order valence-electron chi connectivity index (χ2n) is 13.4. The zero-order valence-electron chi connectivity index (χ0n) is 31.2. The summed E-state index contributed by atoms with van der Waals surface area (Å²) in [4.78, 5) is 63.3. The number of nitrogens with zero attached hydrogens (tertiary/aromatic N) is 2. The maximum Gasteiger partial charge on any atom is 0.339 e.